The third-order valence-corrected chi connectivity index (χ3v) is 5.24. The Morgan fingerprint density at radius 2 is 1.72 bits per heavy atom. The molecule has 0 saturated carbocycles. The molecule has 1 aliphatic rings. The molecule has 0 saturated heterocycles. The number of ether oxygens (including phenoxy) is 2. The van der Waals surface area contributed by atoms with E-state index in [4.69, 9.17) is 14.6 Å². The van der Waals surface area contributed by atoms with Crippen LogP contribution in [0.2, 0.25) is 0 Å². The third-order valence-electron chi connectivity index (χ3n) is 5.24. The molecule has 3 aromatic rings. The van der Waals surface area contributed by atoms with Crippen LogP contribution in [0.1, 0.15) is 21.5 Å². The number of methoxy groups -OCH3 is 1. The maximum Gasteiger partial charge on any atom is 0.435 e. The van der Waals surface area contributed by atoms with Gasteiger partial charge in [0.05, 0.1) is 23.9 Å². The molecule has 1 heterocycles. The van der Waals surface area contributed by atoms with Gasteiger partial charge < -0.3 is 14.6 Å². The summed E-state index contributed by atoms with van der Waals surface area (Å²) in [5.74, 6) is -1.56. The van der Waals surface area contributed by atoms with E-state index in [0.717, 1.165) is 11.6 Å². The lowest BCUT2D eigenvalue weighted by molar-refractivity contribution is -0.114. The summed E-state index contributed by atoms with van der Waals surface area (Å²) >= 11 is 0. The van der Waals surface area contributed by atoms with Crippen LogP contribution in [0.15, 0.2) is 83.5 Å². The van der Waals surface area contributed by atoms with Crippen molar-refractivity contribution in [2.45, 2.75) is 12.8 Å². The van der Waals surface area contributed by atoms with Gasteiger partial charge in [-0.1, -0.05) is 36.4 Å². The van der Waals surface area contributed by atoms with Crippen molar-refractivity contribution in [1.29, 1.82) is 0 Å². The van der Waals surface area contributed by atoms with Gasteiger partial charge in [0.15, 0.2) is 17.2 Å². The molecule has 0 spiro atoms. The van der Waals surface area contributed by atoms with Gasteiger partial charge in [0, 0.05) is 0 Å². The summed E-state index contributed by atoms with van der Waals surface area (Å²) in [5, 5.41) is 13.1. The number of carbonyl (C=O) groups excluding carboxylic acids is 1. The topological polar surface area (TPSA) is 88.4 Å². The molecule has 4 rings (SSSR count). The van der Waals surface area contributed by atoms with Gasteiger partial charge in [-0.2, -0.15) is 23.3 Å². The van der Waals surface area contributed by atoms with Gasteiger partial charge >= 0.3 is 12.1 Å². The van der Waals surface area contributed by atoms with Gasteiger partial charge in [-0.05, 0) is 53.6 Å². The highest BCUT2D eigenvalue weighted by Gasteiger charge is 2.46. The summed E-state index contributed by atoms with van der Waals surface area (Å²) < 4.78 is 52.3. The van der Waals surface area contributed by atoms with Crippen molar-refractivity contribution in [3.63, 3.8) is 0 Å². The molecule has 0 radical (unpaired) electrons. The number of carboxylic acid groups (broad SMARTS) is 1. The summed E-state index contributed by atoms with van der Waals surface area (Å²) in [5.41, 5.74) is -0.921. The fourth-order valence-corrected chi connectivity index (χ4v) is 3.47. The standard InChI is InChI=1S/C26H19F3N2O5/c1-35-22-14-17(7-12-21(22)36-15-16-5-3-2-4-6-16)13-20-23(26(27,28)29)30-31(24(20)32)19-10-8-18(9-11-19)25(33)34/h2-14H,15H2,1H3,(H,33,34). The second kappa shape index (κ2) is 9.95. The quantitative estimate of drug-likeness (QED) is 0.448. The normalized spacial score (nSPS) is 14.7. The average Bonchev–Trinajstić information content (AvgIpc) is 3.20. The Bertz CT molecular complexity index is 1350. The van der Waals surface area contributed by atoms with Crippen LogP contribution in [0.25, 0.3) is 6.08 Å². The van der Waals surface area contributed by atoms with Crippen LogP contribution >= 0.6 is 0 Å². The number of anilines is 1. The molecular formula is C26H19F3N2O5. The van der Waals surface area contributed by atoms with Gasteiger partial charge in [-0.3, -0.25) is 4.79 Å². The second-order valence-electron chi connectivity index (χ2n) is 7.66. The Morgan fingerprint density at radius 1 is 1.03 bits per heavy atom. The lowest BCUT2D eigenvalue weighted by atomic mass is 10.1. The average molecular weight is 496 g/mol. The molecular weight excluding hydrogens is 477 g/mol. The number of aromatic carboxylic acids is 1. The minimum Gasteiger partial charge on any atom is -0.493 e. The number of hydrogen-bond donors (Lipinski definition) is 1. The first-order valence-corrected chi connectivity index (χ1v) is 10.6. The van der Waals surface area contributed by atoms with E-state index in [-0.39, 0.29) is 29.2 Å². The van der Waals surface area contributed by atoms with Crippen molar-refractivity contribution in [2.75, 3.05) is 12.1 Å². The molecule has 10 heteroatoms. The zero-order valence-corrected chi connectivity index (χ0v) is 18.8. The predicted molar refractivity (Wildman–Crippen MR) is 126 cm³/mol. The molecule has 1 aliphatic heterocycles. The molecule has 0 aromatic heterocycles. The Kier molecular flexibility index (Phi) is 6.77. The lowest BCUT2D eigenvalue weighted by Gasteiger charge is -2.12. The van der Waals surface area contributed by atoms with Crippen molar-refractivity contribution in [3.8, 4) is 11.5 Å². The highest BCUT2D eigenvalue weighted by molar-refractivity contribution is 6.34. The summed E-state index contributed by atoms with van der Waals surface area (Å²) in [7, 11) is 1.40. The Balaban J connectivity index is 1.63. The first kappa shape index (κ1) is 24.5. The van der Waals surface area contributed by atoms with E-state index < -0.39 is 29.3 Å². The molecule has 0 unspecified atom stereocenters. The maximum absolute atomic E-state index is 13.7. The summed E-state index contributed by atoms with van der Waals surface area (Å²) in [6.07, 6.45) is -3.83. The molecule has 7 nitrogen and oxygen atoms in total. The Morgan fingerprint density at radius 3 is 2.33 bits per heavy atom. The summed E-state index contributed by atoms with van der Waals surface area (Å²) in [6.45, 7) is 0.261. The van der Waals surface area contributed by atoms with Gasteiger partial charge in [0.2, 0.25) is 0 Å². The molecule has 0 fully saturated rings. The molecule has 184 valence electrons. The number of hydrogen-bond acceptors (Lipinski definition) is 5. The fraction of sp³-hybridized carbons (Fsp3) is 0.115. The lowest BCUT2D eigenvalue weighted by Crippen LogP contribution is -2.25. The van der Waals surface area contributed by atoms with E-state index in [1.54, 1.807) is 6.07 Å². The van der Waals surface area contributed by atoms with Crippen LogP contribution in [-0.2, 0) is 11.4 Å². The largest absolute Gasteiger partial charge is 0.493 e. The molecule has 0 bridgehead atoms. The molecule has 1 N–H and O–H groups in total. The van der Waals surface area contributed by atoms with Crippen LogP contribution in [0, 0.1) is 0 Å². The Hall–Kier alpha value is -4.60. The van der Waals surface area contributed by atoms with Gasteiger partial charge in [0.1, 0.15) is 6.61 Å². The van der Waals surface area contributed by atoms with E-state index in [2.05, 4.69) is 5.10 Å². The minimum absolute atomic E-state index is 0.00242. The number of alkyl halides is 3. The highest BCUT2D eigenvalue weighted by atomic mass is 19.4. The van der Waals surface area contributed by atoms with E-state index in [0.29, 0.717) is 10.8 Å². The number of halogens is 3. The summed E-state index contributed by atoms with van der Waals surface area (Å²) in [6, 6.07) is 18.7. The van der Waals surface area contributed by atoms with E-state index in [9.17, 15) is 22.8 Å². The minimum atomic E-state index is -4.90. The first-order valence-electron chi connectivity index (χ1n) is 10.6. The zero-order valence-electron chi connectivity index (χ0n) is 18.8. The van der Waals surface area contributed by atoms with Crippen LogP contribution < -0.4 is 14.5 Å². The van der Waals surface area contributed by atoms with Crippen LogP contribution in [0.4, 0.5) is 18.9 Å². The van der Waals surface area contributed by atoms with E-state index in [1.165, 1.54) is 43.5 Å². The van der Waals surface area contributed by atoms with Crippen molar-refractivity contribution in [3.05, 3.63) is 95.1 Å². The third kappa shape index (κ3) is 5.22. The summed E-state index contributed by atoms with van der Waals surface area (Å²) in [4.78, 5) is 24.0. The number of amides is 1. The highest BCUT2D eigenvalue weighted by Crippen LogP contribution is 2.34. The van der Waals surface area contributed by atoms with Gasteiger partial charge in [-0.25, -0.2) is 4.79 Å². The van der Waals surface area contributed by atoms with Gasteiger partial charge in [0.25, 0.3) is 5.91 Å². The molecule has 3 aromatic carbocycles. The SMILES string of the molecule is COc1cc(C=C2C(=O)N(c3ccc(C(=O)O)cc3)N=C2C(F)(F)F)ccc1OCc1ccccc1. The van der Waals surface area contributed by atoms with Crippen LogP contribution in [0.5, 0.6) is 11.5 Å². The van der Waals surface area contributed by atoms with Crippen LogP contribution in [0.3, 0.4) is 0 Å². The van der Waals surface area contributed by atoms with Crippen molar-refractivity contribution >= 4 is 29.4 Å². The molecule has 1 amide bonds. The van der Waals surface area contributed by atoms with Crippen LogP contribution in [-0.4, -0.2) is 36.0 Å². The number of hydrazone groups is 1. The number of benzene rings is 3. The first-order chi connectivity index (χ1) is 17.2. The van der Waals surface area contributed by atoms with Gasteiger partial charge in [-0.15, -0.1) is 0 Å². The van der Waals surface area contributed by atoms with E-state index in [1.807, 2.05) is 30.3 Å². The monoisotopic (exact) mass is 496 g/mol. The van der Waals surface area contributed by atoms with Crippen molar-refractivity contribution in [2.24, 2.45) is 5.10 Å². The fourth-order valence-electron chi connectivity index (χ4n) is 3.47. The molecule has 0 atom stereocenters. The molecule has 36 heavy (non-hydrogen) atoms. The zero-order chi connectivity index (χ0) is 25.9. The van der Waals surface area contributed by atoms with Crippen molar-refractivity contribution < 1.29 is 37.3 Å². The number of carbonyl (C=O) groups is 2. The molecule has 0 aliphatic carbocycles. The number of rotatable bonds is 7. The maximum atomic E-state index is 13.7. The number of nitrogens with zero attached hydrogens (tertiary/aromatic N) is 2. The smallest absolute Gasteiger partial charge is 0.435 e. The number of carboxylic acids is 1. The second-order valence-corrected chi connectivity index (χ2v) is 7.66. The predicted octanol–water partition coefficient (Wildman–Crippen LogP) is 5.32. The van der Waals surface area contributed by atoms with Crippen molar-refractivity contribution in [1.82, 2.24) is 0 Å². The Labute approximate surface area is 203 Å². The van der Waals surface area contributed by atoms with E-state index >= 15 is 0 Å².